The van der Waals surface area contributed by atoms with Gasteiger partial charge in [-0.2, -0.15) is 0 Å². The first-order valence-corrected chi connectivity index (χ1v) is 11.9. The molecule has 6 nitrogen and oxygen atoms in total. The number of hydrogen-bond acceptors (Lipinski definition) is 5. The van der Waals surface area contributed by atoms with Crippen LogP contribution >= 0.6 is 0 Å². The van der Waals surface area contributed by atoms with Crippen LogP contribution in [0.4, 0.5) is 4.39 Å². The van der Waals surface area contributed by atoms with E-state index in [2.05, 4.69) is 40.1 Å². The summed E-state index contributed by atoms with van der Waals surface area (Å²) in [5, 5.41) is 8.75. The second-order valence-corrected chi connectivity index (χ2v) is 9.06. The molecule has 35 heavy (non-hydrogen) atoms. The Hall–Kier alpha value is -3.84. The minimum Gasteiger partial charge on any atom is -0.457 e. The lowest BCUT2D eigenvalue weighted by Crippen LogP contribution is -2.50. The Morgan fingerprint density at radius 1 is 1.03 bits per heavy atom. The summed E-state index contributed by atoms with van der Waals surface area (Å²) in [7, 11) is 0. The zero-order valence-corrected chi connectivity index (χ0v) is 19.8. The average molecular weight is 477 g/mol. The highest BCUT2D eigenvalue weighted by atomic mass is 19.1. The molecule has 3 aromatic rings. The number of fused-ring (bicyclic) bond motifs is 1. The smallest absolute Gasteiger partial charge is 0.252 e. The standard InChI is InChI=1S/C28H29FN4O2.2H2/c1-18-16-25(21-6-4-3-5-7-21)31-27-26(19(2)32-33(18)27)28(34)30-17-20-8-12-23(13-9-20)35-24-14-10-22(29)11-15-24;;/h3-15,18-19,25,31-32H,16-17H2,1-2H3,(H,30,34);2*1H. The van der Waals surface area contributed by atoms with E-state index in [0.717, 1.165) is 17.8 Å². The maximum absolute atomic E-state index is 13.2. The minimum absolute atomic E-state index is 0. The van der Waals surface area contributed by atoms with Crippen molar-refractivity contribution < 1.29 is 16.8 Å². The molecule has 2 aliphatic rings. The van der Waals surface area contributed by atoms with E-state index in [1.807, 2.05) is 49.4 Å². The van der Waals surface area contributed by atoms with Crippen LogP contribution in [0, 0.1) is 5.82 Å². The third-order valence-electron chi connectivity index (χ3n) is 6.46. The molecular formula is C28H33FN4O2. The van der Waals surface area contributed by atoms with E-state index in [1.54, 1.807) is 12.1 Å². The lowest BCUT2D eigenvalue weighted by Gasteiger charge is -2.39. The van der Waals surface area contributed by atoms with Gasteiger partial charge < -0.3 is 15.4 Å². The van der Waals surface area contributed by atoms with E-state index in [0.29, 0.717) is 23.6 Å². The lowest BCUT2D eigenvalue weighted by atomic mass is 9.97. The zero-order valence-electron chi connectivity index (χ0n) is 19.8. The molecule has 184 valence electrons. The van der Waals surface area contributed by atoms with Crippen LogP contribution in [0.1, 0.15) is 40.3 Å². The first-order valence-electron chi connectivity index (χ1n) is 11.9. The Kier molecular flexibility index (Phi) is 6.42. The van der Waals surface area contributed by atoms with Crippen LogP contribution in [0.3, 0.4) is 0 Å². The predicted molar refractivity (Wildman–Crippen MR) is 137 cm³/mol. The van der Waals surface area contributed by atoms with E-state index in [1.165, 1.54) is 17.7 Å². The lowest BCUT2D eigenvalue weighted by molar-refractivity contribution is -0.117. The Labute approximate surface area is 207 Å². The molecule has 7 heteroatoms. The van der Waals surface area contributed by atoms with Gasteiger partial charge in [-0.15, -0.1) is 0 Å². The Balaban J connectivity index is 0.00000190. The van der Waals surface area contributed by atoms with Gasteiger partial charge in [0.1, 0.15) is 23.1 Å². The van der Waals surface area contributed by atoms with E-state index in [-0.39, 0.29) is 32.7 Å². The van der Waals surface area contributed by atoms with Gasteiger partial charge in [-0.25, -0.2) is 9.82 Å². The molecule has 5 rings (SSSR count). The van der Waals surface area contributed by atoms with Crippen molar-refractivity contribution in [3.05, 3.63) is 107 Å². The number of carbonyl (C=O) groups excluding carboxylic acids is 1. The Morgan fingerprint density at radius 3 is 2.37 bits per heavy atom. The van der Waals surface area contributed by atoms with Gasteiger partial charge in [0.2, 0.25) is 0 Å². The highest BCUT2D eigenvalue weighted by Gasteiger charge is 2.40. The third kappa shape index (κ3) is 5.00. The fourth-order valence-electron chi connectivity index (χ4n) is 4.64. The number of hydrazine groups is 1. The summed E-state index contributed by atoms with van der Waals surface area (Å²) >= 11 is 0. The number of hydrogen-bond donors (Lipinski definition) is 3. The van der Waals surface area contributed by atoms with Gasteiger partial charge in [-0.3, -0.25) is 9.80 Å². The molecule has 0 radical (unpaired) electrons. The number of rotatable bonds is 6. The van der Waals surface area contributed by atoms with Crippen molar-refractivity contribution in [3.63, 3.8) is 0 Å². The second kappa shape index (κ2) is 9.80. The van der Waals surface area contributed by atoms with Crippen LogP contribution in [0.15, 0.2) is 90.3 Å². The van der Waals surface area contributed by atoms with Crippen LogP contribution in [0.5, 0.6) is 11.5 Å². The number of nitrogens with one attached hydrogen (secondary N) is 3. The summed E-state index contributed by atoms with van der Waals surface area (Å²) in [6.45, 7) is 4.58. The first-order chi connectivity index (χ1) is 17.0. The van der Waals surface area contributed by atoms with E-state index in [9.17, 15) is 9.18 Å². The molecule has 3 unspecified atom stereocenters. The maximum atomic E-state index is 13.2. The molecule has 0 bridgehead atoms. The maximum Gasteiger partial charge on any atom is 0.252 e. The van der Waals surface area contributed by atoms with E-state index >= 15 is 0 Å². The number of amides is 1. The number of halogens is 1. The summed E-state index contributed by atoms with van der Waals surface area (Å²) in [4.78, 5) is 13.2. The average Bonchev–Trinajstić information content (AvgIpc) is 3.22. The van der Waals surface area contributed by atoms with Gasteiger partial charge >= 0.3 is 0 Å². The van der Waals surface area contributed by atoms with E-state index < -0.39 is 0 Å². The summed E-state index contributed by atoms with van der Waals surface area (Å²) < 4.78 is 18.8. The molecule has 1 saturated heterocycles. The van der Waals surface area contributed by atoms with Crippen molar-refractivity contribution >= 4 is 5.91 Å². The molecule has 3 N–H and O–H groups in total. The van der Waals surface area contributed by atoms with E-state index in [4.69, 9.17) is 4.74 Å². The number of carbonyl (C=O) groups is 1. The Bertz CT molecular complexity index is 1220. The normalized spacial score (nSPS) is 21.3. The second-order valence-electron chi connectivity index (χ2n) is 9.06. The molecule has 1 fully saturated rings. The molecule has 3 aromatic carbocycles. The van der Waals surface area contributed by atoms with Crippen LogP contribution in [-0.4, -0.2) is 23.0 Å². The Morgan fingerprint density at radius 2 is 1.69 bits per heavy atom. The monoisotopic (exact) mass is 476 g/mol. The molecule has 0 saturated carbocycles. The number of nitrogens with zero attached hydrogens (tertiary/aromatic N) is 1. The number of ether oxygens (including phenoxy) is 1. The molecule has 0 aliphatic carbocycles. The fraction of sp³-hybridized carbons (Fsp3) is 0.250. The summed E-state index contributed by atoms with van der Waals surface area (Å²) in [6, 6.07) is 24.0. The van der Waals surface area contributed by atoms with Gasteiger partial charge in [0, 0.05) is 15.4 Å². The van der Waals surface area contributed by atoms with Gasteiger partial charge in [0.15, 0.2) is 0 Å². The van der Waals surface area contributed by atoms with Crippen LogP contribution in [0.25, 0.3) is 0 Å². The molecule has 3 atom stereocenters. The molecule has 0 aromatic heterocycles. The minimum atomic E-state index is -0.303. The van der Waals surface area contributed by atoms with Gasteiger partial charge in [-0.05, 0) is 67.8 Å². The highest BCUT2D eigenvalue weighted by Crippen LogP contribution is 2.33. The molecule has 2 aliphatic heterocycles. The SMILES string of the molecule is CC1NN2C(=C1C(=O)NCc1ccc(Oc3ccc(F)cc3)cc1)NC(c1ccccc1)CC2C.[HH].[HH]. The van der Waals surface area contributed by atoms with Crippen molar-refractivity contribution in [1.82, 2.24) is 21.1 Å². The summed E-state index contributed by atoms with van der Waals surface area (Å²) in [5.74, 6) is 1.67. The van der Waals surface area contributed by atoms with Crippen molar-refractivity contribution in [3.8, 4) is 11.5 Å². The van der Waals surface area contributed by atoms with Gasteiger partial charge in [0.05, 0.1) is 17.7 Å². The highest BCUT2D eigenvalue weighted by molar-refractivity contribution is 5.95. The topological polar surface area (TPSA) is 65.6 Å². The fourth-order valence-corrected chi connectivity index (χ4v) is 4.64. The first kappa shape index (κ1) is 22.9. The molecule has 1 amide bonds. The van der Waals surface area contributed by atoms with Crippen LogP contribution < -0.4 is 20.8 Å². The van der Waals surface area contributed by atoms with Crippen molar-refractivity contribution in [1.29, 1.82) is 0 Å². The van der Waals surface area contributed by atoms with Gasteiger partial charge in [-0.1, -0.05) is 42.5 Å². The van der Waals surface area contributed by atoms with Crippen LogP contribution in [-0.2, 0) is 11.3 Å². The summed E-state index contributed by atoms with van der Waals surface area (Å²) in [5.41, 5.74) is 6.33. The number of benzene rings is 3. The predicted octanol–water partition coefficient (Wildman–Crippen LogP) is 5.27. The van der Waals surface area contributed by atoms with Gasteiger partial charge in [0.25, 0.3) is 5.91 Å². The molecule has 2 heterocycles. The molecular weight excluding hydrogens is 443 g/mol. The van der Waals surface area contributed by atoms with Crippen LogP contribution in [0.2, 0.25) is 0 Å². The van der Waals surface area contributed by atoms with Crippen molar-refractivity contribution in [2.45, 2.75) is 44.9 Å². The quantitative estimate of drug-likeness (QED) is 0.452. The van der Waals surface area contributed by atoms with Crippen molar-refractivity contribution in [2.75, 3.05) is 0 Å². The summed E-state index contributed by atoms with van der Waals surface area (Å²) in [6.07, 6.45) is 0.939. The van der Waals surface area contributed by atoms with Crippen molar-refractivity contribution in [2.24, 2.45) is 0 Å². The third-order valence-corrected chi connectivity index (χ3v) is 6.46. The largest absolute Gasteiger partial charge is 0.457 e. The molecule has 0 spiro atoms. The zero-order chi connectivity index (χ0) is 24.4.